The molecule has 1 aliphatic carbocycles. The fourth-order valence-electron chi connectivity index (χ4n) is 4.90. The molecule has 2 aromatic rings. The fourth-order valence-corrected chi connectivity index (χ4v) is 5.67. The SMILES string of the molecule is Cc1ccc(N2C(=O)N(CC(=O)Nc3c(C)cc(C)cc3Br)C(=O)C23CCCCC3)cc1. The van der Waals surface area contributed by atoms with Crippen LogP contribution < -0.4 is 10.2 Å². The number of nitrogens with one attached hydrogen (secondary N) is 1. The maximum absolute atomic E-state index is 13.6. The standard InChI is InChI=1S/C25H28BrN3O3/c1-16-7-9-19(10-8-16)29-24(32)28(23(31)25(29)11-5-4-6-12-25)15-21(30)27-22-18(3)13-17(2)14-20(22)26/h7-10,13-14H,4-6,11-12,15H2,1-3H3,(H,27,30). The monoisotopic (exact) mass is 497 g/mol. The van der Waals surface area contributed by atoms with Crippen molar-refractivity contribution in [1.29, 1.82) is 0 Å². The number of urea groups is 1. The Morgan fingerprint density at radius 3 is 2.28 bits per heavy atom. The van der Waals surface area contributed by atoms with E-state index >= 15 is 0 Å². The van der Waals surface area contributed by atoms with Crippen molar-refractivity contribution in [2.24, 2.45) is 0 Å². The second-order valence-corrected chi connectivity index (χ2v) is 9.78. The zero-order valence-corrected chi connectivity index (χ0v) is 20.3. The highest BCUT2D eigenvalue weighted by Crippen LogP contribution is 2.43. The van der Waals surface area contributed by atoms with E-state index in [1.54, 1.807) is 4.90 Å². The van der Waals surface area contributed by atoms with Crippen molar-refractivity contribution >= 4 is 45.2 Å². The molecule has 0 radical (unpaired) electrons. The minimum atomic E-state index is -0.898. The van der Waals surface area contributed by atoms with E-state index in [4.69, 9.17) is 0 Å². The second kappa shape index (κ2) is 8.70. The highest BCUT2D eigenvalue weighted by atomic mass is 79.9. The number of carbonyl (C=O) groups excluding carboxylic acids is 3. The number of rotatable bonds is 4. The van der Waals surface area contributed by atoms with E-state index in [9.17, 15) is 14.4 Å². The van der Waals surface area contributed by atoms with Crippen molar-refractivity contribution in [1.82, 2.24) is 4.90 Å². The van der Waals surface area contributed by atoms with Crippen LogP contribution in [0.15, 0.2) is 40.9 Å². The second-order valence-electron chi connectivity index (χ2n) is 8.92. The molecule has 1 heterocycles. The lowest BCUT2D eigenvalue weighted by Crippen LogP contribution is -2.51. The predicted octanol–water partition coefficient (Wildman–Crippen LogP) is 5.48. The molecule has 2 fully saturated rings. The van der Waals surface area contributed by atoms with Gasteiger partial charge < -0.3 is 5.32 Å². The Kier molecular flexibility index (Phi) is 6.12. The summed E-state index contributed by atoms with van der Waals surface area (Å²) in [5, 5.41) is 2.88. The van der Waals surface area contributed by atoms with Crippen LogP contribution in [0.2, 0.25) is 0 Å². The van der Waals surface area contributed by atoms with Crippen LogP contribution in [0.4, 0.5) is 16.2 Å². The third-order valence-corrected chi connectivity index (χ3v) is 7.09. The van der Waals surface area contributed by atoms with Crippen LogP contribution in [0.3, 0.4) is 0 Å². The Morgan fingerprint density at radius 2 is 1.66 bits per heavy atom. The van der Waals surface area contributed by atoms with Crippen molar-refractivity contribution in [3.8, 4) is 0 Å². The van der Waals surface area contributed by atoms with Crippen LogP contribution in [0.25, 0.3) is 0 Å². The van der Waals surface area contributed by atoms with Gasteiger partial charge in [-0.1, -0.05) is 43.0 Å². The summed E-state index contributed by atoms with van der Waals surface area (Å²) in [5.74, 6) is -0.659. The van der Waals surface area contributed by atoms with Gasteiger partial charge in [0.05, 0.1) is 5.69 Å². The molecule has 1 aliphatic heterocycles. The summed E-state index contributed by atoms with van der Waals surface area (Å²) < 4.78 is 0.771. The van der Waals surface area contributed by atoms with Gasteiger partial charge in [-0.3, -0.25) is 19.4 Å². The molecule has 0 bridgehead atoms. The smallest absolute Gasteiger partial charge is 0.323 e. The van der Waals surface area contributed by atoms with E-state index in [2.05, 4.69) is 21.2 Å². The summed E-state index contributed by atoms with van der Waals surface area (Å²) >= 11 is 3.50. The van der Waals surface area contributed by atoms with Crippen molar-refractivity contribution in [2.75, 3.05) is 16.8 Å². The van der Waals surface area contributed by atoms with E-state index in [1.165, 1.54) is 0 Å². The lowest BCUT2D eigenvalue weighted by atomic mass is 9.80. The highest BCUT2D eigenvalue weighted by molar-refractivity contribution is 9.10. The first kappa shape index (κ1) is 22.5. The molecule has 32 heavy (non-hydrogen) atoms. The molecule has 1 spiro atoms. The molecular formula is C25H28BrN3O3. The molecule has 6 nitrogen and oxygen atoms in total. The molecule has 1 saturated carbocycles. The van der Waals surface area contributed by atoms with Gasteiger partial charge in [0.25, 0.3) is 5.91 Å². The molecule has 168 valence electrons. The van der Waals surface area contributed by atoms with Gasteiger partial charge in [0.1, 0.15) is 12.1 Å². The first-order chi connectivity index (χ1) is 15.2. The zero-order chi connectivity index (χ0) is 23.0. The number of imide groups is 1. The first-order valence-corrected chi connectivity index (χ1v) is 11.8. The number of hydrogen-bond acceptors (Lipinski definition) is 3. The van der Waals surface area contributed by atoms with E-state index in [0.29, 0.717) is 24.2 Å². The van der Waals surface area contributed by atoms with E-state index in [0.717, 1.165) is 45.3 Å². The van der Waals surface area contributed by atoms with Crippen LogP contribution in [0.1, 0.15) is 48.8 Å². The van der Waals surface area contributed by atoms with Crippen molar-refractivity contribution < 1.29 is 14.4 Å². The summed E-state index contributed by atoms with van der Waals surface area (Å²) in [7, 11) is 0. The summed E-state index contributed by atoms with van der Waals surface area (Å²) in [4.78, 5) is 42.7. The Morgan fingerprint density at radius 1 is 1.00 bits per heavy atom. The molecule has 0 aromatic heterocycles. The molecule has 4 amide bonds. The molecule has 7 heteroatoms. The van der Waals surface area contributed by atoms with Gasteiger partial charge in [0.15, 0.2) is 0 Å². The van der Waals surface area contributed by atoms with Gasteiger partial charge in [-0.05, 0) is 78.9 Å². The van der Waals surface area contributed by atoms with Gasteiger partial charge in [0, 0.05) is 10.2 Å². The zero-order valence-electron chi connectivity index (χ0n) is 18.7. The summed E-state index contributed by atoms with van der Waals surface area (Å²) in [5.41, 5.74) is 3.53. The molecule has 0 unspecified atom stereocenters. The van der Waals surface area contributed by atoms with Crippen molar-refractivity contribution in [3.63, 3.8) is 0 Å². The quantitative estimate of drug-likeness (QED) is 0.568. The van der Waals surface area contributed by atoms with Gasteiger partial charge in [-0.25, -0.2) is 4.79 Å². The minimum Gasteiger partial charge on any atom is -0.323 e. The predicted molar refractivity (Wildman–Crippen MR) is 129 cm³/mol. The molecule has 1 saturated heterocycles. The molecule has 2 aromatic carbocycles. The topological polar surface area (TPSA) is 69.7 Å². The summed E-state index contributed by atoms with van der Waals surface area (Å²) in [6.07, 6.45) is 4.05. The average Bonchev–Trinajstić information content (AvgIpc) is 2.93. The van der Waals surface area contributed by atoms with Crippen LogP contribution in [0, 0.1) is 20.8 Å². The van der Waals surface area contributed by atoms with E-state index in [1.807, 2.05) is 57.2 Å². The van der Waals surface area contributed by atoms with E-state index in [-0.39, 0.29) is 12.5 Å². The highest BCUT2D eigenvalue weighted by Gasteiger charge is 2.58. The number of halogens is 1. The minimum absolute atomic E-state index is 0.266. The van der Waals surface area contributed by atoms with Crippen LogP contribution in [0.5, 0.6) is 0 Å². The summed E-state index contributed by atoms with van der Waals surface area (Å²) in [6, 6.07) is 11.1. The molecule has 1 N–H and O–H groups in total. The maximum atomic E-state index is 13.6. The lowest BCUT2D eigenvalue weighted by molar-refractivity contribution is -0.134. The van der Waals surface area contributed by atoms with Crippen molar-refractivity contribution in [2.45, 2.75) is 58.4 Å². The fraction of sp³-hybridized carbons (Fsp3) is 0.400. The Bertz CT molecular complexity index is 1050. The maximum Gasteiger partial charge on any atom is 0.332 e. The third-order valence-electron chi connectivity index (χ3n) is 6.46. The lowest BCUT2D eigenvalue weighted by Gasteiger charge is -2.38. The molecule has 4 rings (SSSR count). The van der Waals surface area contributed by atoms with Crippen molar-refractivity contribution in [3.05, 3.63) is 57.6 Å². The normalized spacial score (nSPS) is 17.9. The largest absolute Gasteiger partial charge is 0.332 e. The van der Waals surface area contributed by atoms with Gasteiger partial charge in [-0.2, -0.15) is 0 Å². The van der Waals surface area contributed by atoms with Crippen LogP contribution in [-0.2, 0) is 9.59 Å². The number of amides is 4. The number of aryl methyl sites for hydroxylation is 3. The van der Waals surface area contributed by atoms with Gasteiger partial charge >= 0.3 is 6.03 Å². The number of anilines is 2. The number of hydrogen-bond donors (Lipinski definition) is 1. The molecule has 2 aliphatic rings. The van der Waals surface area contributed by atoms with Gasteiger partial charge in [0.2, 0.25) is 5.91 Å². The van der Waals surface area contributed by atoms with Gasteiger partial charge in [-0.15, -0.1) is 0 Å². The molecule has 0 atom stereocenters. The van der Waals surface area contributed by atoms with E-state index < -0.39 is 17.5 Å². The number of benzene rings is 2. The van der Waals surface area contributed by atoms with Crippen LogP contribution in [-0.4, -0.2) is 34.8 Å². The van der Waals surface area contributed by atoms with Crippen LogP contribution >= 0.6 is 15.9 Å². The Labute approximate surface area is 197 Å². The number of nitrogens with zero attached hydrogens (tertiary/aromatic N) is 2. The third kappa shape index (κ3) is 3.94. The average molecular weight is 498 g/mol. The first-order valence-electron chi connectivity index (χ1n) is 11.0. The molecular weight excluding hydrogens is 470 g/mol. The Balaban J connectivity index is 1.62. The summed E-state index contributed by atoms with van der Waals surface area (Å²) in [6.45, 7) is 5.57. The number of carbonyl (C=O) groups is 3. The Hall–Kier alpha value is -2.67.